The lowest BCUT2D eigenvalue weighted by Crippen LogP contribution is -2.38. The molecule has 3 rings (SSSR count). The van der Waals surface area contributed by atoms with E-state index in [0.717, 1.165) is 35.6 Å². The van der Waals surface area contributed by atoms with Crippen LogP contribution in [0.4, 0.5) is 0 Å². The highest BCUT2D eigenvalue weighted by Crippen LogP contribution is 2.35. The number of carboxylic acid groups (broad SMARTS) is 1. The average molecular weight is 317 g/mol. The Bertz CT molecular complexity index is 709. The molecule has 1 atom stereocenters. The standard InChI is InChI=1S/C18H17ClO3/c1-18(11-12-2-5-15(19)6-3-12)9-8-13-10-14(17(20)21)4-7-16(13)22-18/h2-7,10H,8-9,11H2,1H3,(H,20,21). The van der Waals surface area contributed by atoms with E-state index in [9.17, 15) is 4.79 Å². The maximum Gasteiger partial charge on any atom is 0.335 e. The van der Waals surface area contributed by atoms with Crippen molar-refractivity contribution in [2.24, 2.45) is 0 Å². The van der Waals surface area contributed by atoms with Crippen LogP contribution in [-0.4, -0.2) is 16.7 Å². The first-order valence-corrected chi connectivity index (χ1v) is 7.63. The molecule has 0 saturated heterocycles. The molecule has 0 aliphatic carbocycles. The lowest BCUT2D eigenvalue weighted by atomic mass is 9.87. The van der Waals surface area contributed by atoms with Crippen LogP contribution in [0, 0.1) is 0 Å². The van der Waals surface area contributed by atoms with E-state index in [1.807, 2.05) is 24.3 Å². The first kappa shape index (κ1) is 14.9. The fourth-order valence-electron chi connectivity index (χ4n) is 2.88. The predicted octanol–water partition coefficient (Wildman–Crippen LogP) is 4.36. The SMILES string of the molecule is CC1(Cc2ccc(Cl)cc2)CCc2cc(C(=O)O)ccc2O1. The van der Waals surface area contributed by atoms with E-state index < -0.39 is 5.97 Å². The van der Waals surface area contributed by atoms with Crippen LogP contribution >= 0.6 is 11.6 Å². The normalized spacial score (nSPS) is 20.1. The largest absolute Gasteiger partial charge is 0.487 e. The Labute approximate surface area is 134 Å². The van der Waals surface area contributed by atoms with Crippen LogP contribution in [0.15, 0.2) is 42.5 Å². The summed E-state index contributed by atoms with van der Waals surface area (Å²) in [5, 5.41) is 9.78. The maximum absolute atomic E-state index is 11.0. The summed E-state index contributed by atoms with van der Waals surface area (Å²) in [6.45, 7) is 2.09. The Morgan fingerprint density at radius 1 is 1.27 bits per heavy atom. The van der Waals surface area contributed by atoms with Gasteiger partial charge in [0.1, 0.15) is 11.4 Å². The van der Waals surface area contributed by atoms with Crippen LogP contribution in [0.5, 0.6) is 5.75 Å². The number of aromatic carboxylic acids is 1. The molecule has 0 amide bonds. The van der Waals surface area contributed by atoms with Crippen molar-refractivity contribution in [2.45, 2.75) is 31.8 Å². The topological polar surface area (TPSA) is 46.5 Å². The molecule has 1 heterocycles. The molecule has 0 radical (unpaired) electrons. The van der Waals surface area contributed by atoms with E-state index in [1.165, 1.54) is 5.56 Å². The van der Waals surface area contributed by atoms with E-state index in [-0.39, 0.29) is 5.60 Å². The van der Waals surface area contributed by atoms with Crippen molar-refractivity contribution in [3.63, 3.8) is 0 Å². The summed E-state index contributed by atoms with van der Waals surface area (Å²) in [4.78, 5) is 11.0. The third-order valence-corrected chi connectivity index (χ3v) is 4.33. The van der Waals surface area contributed by atoms with Crippen molar-refractivity contribution < 1.29 is 14.6 Å². The van der Waals surface area contributed by atoms with E-state index in [2.05, 4.69) is 6.92 Å². The van der Waals surface area contributed by atoms with Gasteiger partial charge in [0, 0.05) is 11.4 Å². The number of carboxylic acids is 1. The number of hydrogen-bond acceptors (Lipinski definition) is 2. The van der Waals surface area contributed by atoms with E-state index in [1.54, 1.807) is 18.2 Å². The molecule has 22 heavy (non-hydrogen) atoms. The molecule has 1 aliphatic heterocycles. The van der Waals surface area contributed by atoms with Gasteiger partial charge in [0.25, 0.3) is 0 Å². The first-order valence-electron chi connectivity index (χ1n) is 7.25. The highest BCUT2D eigenvalue weighted by Gasteiger charge is 2.32. The molecular formula is C18H17ClO3. The van der Waals surface area contributed by atoms with Gasteiger partial charge in [-0.3, -0.25) is 0 Å². The van der Waals surface area contributed by atoms with Gasteiger partial charge in [-0.05, 0) is 61.2 Å². The Balaban J connectivity index is 1.80. The number of fused-ring (bicyclic) bond motifs is 1. The van der Waals surface area contributed by atoms with Crippen molar-refractivity contribution in [1.82, 2.24) is 0 Å². The molecule has 0 fully saturated rings. The van der Waals surface area contributed by atoms with Crippen LogP contribution < -0.4 is 4.74 Å². The number of rotatable bonds is 3. The summed E-state index contributed by atoms with van der Waals surface area (Å²) < 4.78 is 6.16. The summed E-state index contributed by atoms with van der Waals surface area (Å²) >= 11 is 5.92. The number of hydrogen-bond donors (Lipinski definition) is 1. The second-order valence-corrected chi connectivity index (χ2v) is 6.42. The summed E-state index contributed by atoms with van der Waals surface area (Å²) in [7, 11) is 0. The van der Waals surface area contributed by atoms with Gasteiger partial charge < -0.3 is 9.84 Å². The highest BCUT2D eigenvalue weighted by atomic mass is 35.5. The maximum atomic E-state index is 11.0. The van der Waals surface area contributed by atoms with Gasteiger partial charge in [0.05, 0.1) is 5.56 Å². The molecule has 0 aromatic heterocycles. The van der Waals surface area contributed by atoms with Crippen LogP contribution in [-0.2, 0) is 12.8 Å². The summed E-state index contributed by atoms with van der Waals surface area (Å²) in [5.41, 5.74) is 2.17. The number of aryl methyl sites for hydroxylation is 1. The summed E-state index contributed by atoms with van der Waals surface area (Å²) in [5.74, 6) is -0.120. The zero-order chi connectivity index (χ0) is 15.7. The fraction of sp³-hybridized carbons (Fsp3) is 0.278. The fourth-order valence-corrected chi connectivity index (χ4v) is 3.01. The second kappa shape index (κ2) is 5.65. The molecule has 4 heteroatoms. The number of carbonyl (C=O) groups is 1. The van der Waals surface area contributed by atoms with Crippen LogP contribution in [0.1, 0.15) is 34.8 Å². The van der Waals surface area contributed by atoms with Gasteiger partial charge in [-0.1, -0.05) is 23.7 Å². The molecule has 1 aliphatic rings. The minimum absolute atomic E-state index is 0.286. The first-order chi connectivity index (χ1) is 10.5. The van der Waals surface area contributed by atoms with Crippen LogP contribution in [0.25, 0.3) is 0 Å². The van der Waals surface area contributed by atoms with E-state index in [0.29, 0.717) is 5.56 Å². The zero-order valence-corrected chi connectivity index (χ0v) is 13.1. The quantitative estimate of drug-likeness (QED) is 0.915. The van der Waals surface area contributed by atoms with Gasteiger partial charge in [0.2, 0.25) is 0 Å². The zero-order valence-electron chi connectivity index (χ0n) is 12.3. The molecule has 0 bridgehead atoms. The molecule has 3 nitrogen and oxygen atoms in total. The smallest absolute Gasteiger partial charge is 0.335 e. The molecule has 1 unspecified atom stereocenters. The van der Waals surface area contributed by atoms with Gasteiger partial charge >= 0.3 is 5.97 Å². The lowest BCUT2D eigenvalue weighted by Gasteiger charge is -2.36. The van der Waals surface area contributed by atoms with Crippen LogP contribution in [0.3, 0.4) is 0 Å². The van der Waals surface area contributed by atoms with Crippen molar-refractivity contribution in [3.05, 3.63) is 64.2 Å². The summed E-state index contributed by atoms with van der Waals surface area (Å²) in [6.07, 6.45) is 2.47. The molecule has 1 N–H and O–H groups in total. The van der Waals surface area contributed by atoms with Crippen molar-refractivity contribution in [1.29, 1.82) is 0 Å². The number of ether oxygens (including phenoxy) is 1. The van der Waals surface area contributed by atoms with Gasteiger partial charge in [-0.15, -0.1) is 0 Å². The van der Waals surface area contributed by atoms with Crippen molar-refractivity contribution in [3.8, 4) is 5.75 Å². The highest BCUT2D eigenvalue weighted by molar-refractivity contribution is 6.30. The average Bonchev–Trinajstić information content (AvgIpc) is 2.49. The Morgan fingerprint density at radius 2 is 2.00 bits per heavy atom. The van der Waals surface area contributed by atoms with Crippen LogP contribution in [0.2, 0.25) is 5.02 Å². The molecular weight excluding hydrogens is 300 g/mol. The van der Waals surface area contributed by atoms with E-state index in [4.69, 9.17) is 21.4 Å². The third-order valence-electron chi connectivity index (χ3n) is 4.08. The second-order valence-electron chi connectivity index (χ2n) is 5.98. The van der Waals surface area contributed by atoms with Gasteiger partial charge in [-0.25, -0.2) is 4.79 Å². The Morgan fingerprint density at radius 3 is 2.68 bits per heavy atom. The summed E-state index contributed by atoms with van der Waals surface area (Å²) in [6, 6.07) is 12.9. The number of halogens is 1. The van der Waals surface area contributed by atoms with Crippen molar-refractivity contribution in [2.75, 3.05) is 0 Å². The molecule has 0 saturated carbocycles. The van der Waals surface area contributed by atoms with Gasteiger partial charge in [0.15, 0.2) is 0 Å². The lowest BCUT2D eigenvalue weighted by molar-refractivity contribution is 0.0649. The third kappa shape index (κ3) is 3.09. The van der Waals surface area contributed by atoms with Crippen molar-refractivity contribution >= 4 is 17.6 Å². The van der Waals surface area contributed by atoms with Gasteiger partial charge in [-0.2, -0.15) is 0 Å². The monoisotopic (exact) mass is 316 g/mol. The minimum atomic E-state index is -0.905. The molecule has 2 aromatic rings. The van der Waals surface area contributed by atoms with E-state index >= 15 is 0 Å². The Hall–Kier alpha value is -2.00. The Kier molecular flexibility index (Phi) is 3.83. The molecule has 114 valence electrons. The minimum Gasteiger partial charge on any atom is -0.487 e. The number of benzene rings is 2. The molecule has 2 aromatic carbocycles. The molecule has 0 spiro atoms. The predicted molar refractivity (Wildman–Crippen MR) is 85.9 cm³/mol.